The summed E-state index contributed by atoms with van der Waals surface area (Å²) in [7, 11) is -3.25. The zero-order valence-corrected chi connectivity index (χ0v) is 12.7. The van der Waals surface area contributed by atoms with Crippen LogP contribution in [0.5, 0.6) is 0 Å². The highest BCUT2D eigenvalue weighted by Gasteiger charge is 2.21. The Morgan fingerprint density at radius 2 is 2.00 bits per heavy atom. The third-order valence-corrected chi connectivity index (χ3v) is 3.55. The molecule has 108 valence electrons. The summed E-state index contributed by atoms with van der Waals surface area (Å²) in [6.45, 7) is 4.47. The van der Waals surface area contributed by atoms with Crippen molar-refractivity contribution in [2.24, 2.45) is 0 Å². The second kappa shape index (κ2) is 6.17. The molecule has 0 bridgehead atoms. The third-order valence-electron chi connectivity index (χ3n) is 2.34. The first kappa shape index (κ1) is 16.4. The molecule has 0 amide bonds. The summed E-state index contributed by atoms with van der Waals surface area (Å²) < 4.78 is 37.8. The predicted octanol–water partition coefficient (Wildman–Crippen LogP) is 1.90. The monoisotopic (exact) mass is 308 g/mol. The average Bonchev–Trinajstić information content (AvgIpc) is 2.19. The fourth-order valence-corrected chi connectivity index (χ4v) is 2.99. The Kier molecular flexibility index (Phi) is 5.32. The number of halogens is 2. The number of hydrogen-bond acceptors (Lipinski definition) is 3. The molecule has 19 heavy (non-hydrogen) atoms. The van der Waals surface area contributed by atoms with E-state index in [2.05, 4.69) is 10.0 Å². The Balaban J connectivity index is 2.51. The third kappa shape index (κ3) is 6.33. The van der Waals surface area contributed by atoms with Crippen LogP contribution in [0.25, 0.3) is 0 Å². The van der Waals surface area contributed by atoms with E-state index in [4.69, 9.17) is 11.6 Å². The first-order valence-electron chi connectivity index (χ1n) is 5.73. The number of sulfonamides is 1. The summed E-state index contributed by atoms with van der Waals surface area (Å²) in [6.07, 6.45) is 1.12. The van der Waals surface area contributed by atoms with E-state index in [-0.39, 0.29) is 5.02 Å². The van der Waals surface area contributed by atoms with Crippen molar-refractivity contribution in [3.8, 4) is 0 Å². The van der Waals surface area contributed by atoms with Crippen LogP contribution in [-0.4, -0.2) is 26.8 Å². The van der Waals surface area contributed by atoms with Crippen molar-refractivity contribution in [2.75, 3.05) is 12.8 Å². The molecule has 0 aliphatic rings. The van der Waals surface area contributed by atoms with Crippen LogP contribution in [0.15, 0.2) is 18.2 Å². The lowest BCUT2D eigenvalue weighted by molar-refractivity contribution is 0.421. The van der Waals surface area contributed by atoms with Crippen LogP contribution in [0.4, 0.5) is 4.39 Å². The van der Waals surface area contributed by atoms with E-state index in [1.54, 1.807) is 26.0 Å². The van der Waals surface area contributed by atoms with Gasteiger partial charge in [0.1, 0.15) is 5.82 Å². The average molecular weight is 309 g/mol. The SMILES string of the molecule is CC(C)(CNCc1ccc(F)c(Cl)c1)NS(C)(=O)=O. The largest absolute Gasteiger partial charge is 0.311 e. The highest BCUT2D eigenvalue weighted by molar-refractivity contribution is 7.88. The lowest BCUT2D eigenvalue weighted by atomic mass is 10.1. The van der Waals surface area contributed by atoms with Gasteiger partial charge >= 0.3 is 0 Å². The minimum absolute atomic E-state index is 0.0767. The quantitative estimate of drug-likeness (QED) is 0.844. The second-order valence-corrected chi connectivity index (χ2v) is 7.27. The summed E-state index contributed by atoms with van der Waals surface area (Å²) in [4.78, 5) is 0. The van der Waals surface area contributed by atoms with Gasteiger partial charge in [-0.2, -0.15) is 0 Å². The molecule has 4 nitrogen and oxygen atoms in total. The van der Waals surface area contributed by atoms with Gasteiger partial charge in [0.15, 0.2) is 0 Å². The lowest BCUT2D eigenvalue weighted by Crippen LogP contribution is -2.49. The molecule has 0 unspecified atom stereocenters. The van der Waals surface area contributed by atoms with Crippen LogP contribution < -0.4 is 10.0 Å². The fourth-order valence-electron chi connectivity index (χ4n) is 1.71. The molecule has 0 spiro atoms. The molecule has 0 fully saturated rings. The Morgan fingerprint density at radius 3 is 2.53 bits per heavy atom. The summed E-state index contributed by atoms with van der Waals surface area (Å²) in [5.41, 5.74) is 0.235. The molecule has 0 aliphatic heterocycles. The van der Waals surface area contributed by atoms with E-state index in [0.29, 0.717) is 13.1 Å². The second-order valence-electron chi connectivity index (χ2n) is 5.11. The minimum Gasteiger partial charge on any atom is -0.311 e. The highest BCUT2D eigenvalue weighted by atomic mass is 35.5. The maximum atomic E-state index is 13.0. The van der Waals surface area contributed by atoms with Crippen LogP contribution in [0.2, 0.25) is 5.02 Å². The van der Waals surface area contributed by atoms with Gasteiger partial charge in [-0.25, -0.2) is 17.5 Å². The molecule has 0 saturated carbocycles. The molecular weight excluding hydrogens is 291 g/mol. The highest BCUT2D eigenvalue weighted by Crippen LogP contribution is 2.15. The van der Waals surface area contributed by atoms with E-state index < -0.39 is 21.4 Å². The van der Waals surface area contributed by atoms with Crippen molar-refractivity contribution in [3.05, 3.63) is 34.6 Å². The molecular formula is C12H18ClFN2O2S. The van der Waals surface area contributed by atoms with Gasteiger partial charge in [0.2, 0.25) is 10.0 Å². The maximum absolute atomic E-state index is 13.0. The van der Waals surface area contributed by atoms with Crippen molar-refractivity contribution in [2.45, 2.75) is 25.9 Å². The summed E-state index contributed by atoms with van der Waals surface area (Å²) in [5, 5.41) is 3.18. The van der Waals surface area contributed by atoms with Gasteiger partial charge in [0, 0.05) is 18.6 Å². The van der Waals surface area contributed by atoms with E-state index in [1.165, 1.54) is 6.07 Å². The molecule has 0 aromatic heterocycles. The number of nitrogens with one attached hydrogen (secondary N) is 2. The van der Waals surface area contributed by atoms with Gasteiger partial charge in [0.05, 0.1) is 11.3 Å². The van der Waals surface area contributed by atoms with Gasteiger partial charge in [-0.05, 0) is 31.5 Å². The fraction of sp³-hybridized carbons (Fsp3) is 0.500. The zero-order valence-electron chi connectivity index (χ0n) is 11.1. The van der Waals surface area contributed by atoms with Crippen LogP contribution in [0.3, 0.4) is 0 Å². The Hall–Kier alpha value is -0.690. The number of benzene rings is 1. The topological polar surface area (TPSA) is 58.2 Å². The summed E-state index contributed by atoms with van der Waals surface area (Å²) in [5.74, 6) is -0.454. The molecule has 0 radical (unpaired) electrons. The predicted molar refractivity (Wildman–Crippen MR) is 75.2 cm³/mol. The molecule has 1 aromatic rings. The van der Waals surface area contributed by atoms with Gasteiger partial charge in [-0.3, -0.25) is 0 Å². The van der Waals surface area contributed by atoms with E-state index in [9.17, 15) is 12.8 Å². The van der Waals surface area contributed by atoms with Gasteiger partial charge in [0.25, 0.3) is 0 Å². The van der Waals surface area contributed by atoms with Gasteiger partial charge < -0.3 is 5.32 Å². The first-order valence-corrected chi connectivity index (χ1v) is 8.00. The molecule has 7 heteroatoms. The number of rotatable bonds is 6. The molecule has 1 aromatic carbocycles. The number of hydrogen-bond donors (Lipinski definition) is 2. The normalized spacial score (nSPS) is 12.7. The first-order chi connectivity index (χ1) is 8.59. The van der Waals surface area contributed by atoms with Gasteiger partial charge in [-0.15, -0.1) is 0 Å². The maximum Gasteiger partial charge on any atom is 0.209 e. The van der Waals surface area contributed by atoms with E-state index >= 15 is 0 Å². The van der Waals surface area contributed by atoms with Crippen LogP contribution in [0, 0.1) is 5.82 Å². The van der Waals surface area contributed by atoms with Crippen molar-refractivity contribution < 1.29 is 12.8 Å². The zero-order chi connectivity index (χ0) is 14.7. The van der Waals surface area contributed by atoms with E-state index in [1.807, 2.05) is 0 Å². The molecule has 0 heterocycles. The summed E-state index contributed by atoms with van der Waals surface area (Å²) >= 11 is 5.68. The standard InChI is InChI=1S/C12H18ClFN2O2S/c1-12(2,16-19(3,17)18)8-15-7-9-4-5-11(14)10(13)6-9/h4-6,15-16H,7-8H2,1-3H3. The van der Waals surface area contributed by atoms with Crippen molar-refractivity contribution in [1.82, 2.24) is 10.0 Å². The van der Waals surface area contributed by atoms with Gasteiger partial charge in [-0.1, -0.05) is 17.7 Å². The lowest BCUT2D eigenvalue weighted by Gasteiger charge is -2.25. The Bertz CT molecular complexity index is 547. The van der Waals surface area contributed by atoms with E-state index in [0.717, 1.165) is 11.8 Å². The molecule has 0 aliphatic carbocycles. The molecule has 0 saturated heterocycles. The summed E-state index contributed by atoms with van der Waals surface area (Å²) in [6, 6.07) is 4.48. The molecule has 0 atom stereocenters. The van der Waals surface area contributed by atoms with Crippen molar-refractivity contribution in [1.29, 1.82) is 0 Å². The van der Waals surface area contributed by atoms with Crippen molar-refractivity contribution >= 4 is 21.6 Å². The van der Waals surface area contributed by atoms with Crippen LogP contribution in [-0.2, 0) is 16.6 Å². The molecule has 2 N–H and O–H groups in total. The minimum atomic E-state index is -3.25. The van der Waals surface area contributed by atoms with Crippen LogP contribution >= 0.6 is 11.6 Å². The van der Waals surface area contributed by atoms with Crippen molar-refractivity contribution in [3.63, 3.8) is 0 Å². The van der Waals surface area contributed by atoms with Crippen LogP contribution in [0.1, 0.15) is 19.4 Å². The Morgan fingerprint density at radius 1 is 1.37 bits per heavy atom. The smallest absolute Gasteiger partial charge is 0.209 e. The molecule has 1 rings (SSSR count). The Labute approximate surface area is 118 Å².